The van der Waals surface area contributed by atoms with E-state index in [0.29, 0.717) is 12.4 Å². The highest BCUT2D eigenvalue weighted by atomic mass is 15.2. The molecule has 0 radical (unpaired) electrons. The first-order chi connectivity index (χ1) is 13.2. The fourth-order valence-corrected chi connectivity index (χ4v) is 3.10. The molecule has 136 valence electrons. The third-order valence-corrected chi connectivity index (χ3v) is 4.67. The van der Waals surface area contributed by atoms with Gasteiger partial charge in [-0.25, -0.2) is 15.0 Å². The first-order valence-electron chi connectivity index (χ1n) is 9.06. The number of pyridine rings is 1. The van der Waals surface area contributed by atoms with Crippen LogP contribution in [0.5, 0.6) is 0 Å². The number of aryl methyl sites for hydroxylation is 2. The van der Waals surface area contributed by atoms with Crippen LogP contribution in [0.15, 0.2) is 54.7 Å². The molecule has 0 atom stereocenters. The van der Waals surface area contributed by atoms with Crippen molar-refractivity contribution in [1.29, 1.82) is 0 Å². The van der Waals surface area contributed by atoms with Gasteiger partial charge in [-0.3, -0.25) is 4.98 Å². The summed E-state index contributed by atoms with van der Waals surface area (Å²) in [5.74, 6) is 2.52. The number of anilines is 1. The van der Waals surface area contributed by atoms with Crippen LogP contribution in [0.1, 0.15) is 18.4 Å². The van der Waals surface area contributed by atoms with Crippen molar-refractivity contribution in [3.63, 3.8) is 0 Å². The molecule has 0 aliphatic carbocycles. The zero-order valence-corrected chi connectivity index (χ0v) is 15.8. The molecule has 0 saturated carbocycles. The molecule has 6 heteroatoms. The Balaban J connectivity index is 1.68. The van der Waals surface area contributed by atoms with Gasteiger partial charge in [0.2, 0.25) is 0 Å². The minimum absolute atomic E-state index is 0.654. The van der Waals surface area contributed by atoms with Crippen LogP contribution >= 0.6 is 0 Å². The molecule has 0 spiro atoms. The molecule has 0 amide bonds. The number of hydrogen-bond acceptors (Lipinski definition) is 5. The lowest BCUT2D eigenvalue weighted by Gasteiger charge is -2.19. The van der Waals surface area contributed by atoms with Crippen molar-refractivity contribution in [2.75, 3.05) is 11.9 Å². The molecule has 0 aliphatic heterocycles. The van der Waals surface area contributed by atoms with E-state index in [1.54, 1.807) is 6.20 Å². The summed E-state index contributed by atoms with van der Waals surface area (Å²) in [7, 11) is 4.08. The van der Waals surface area contributed by atoms with Crippen molar-refractivity contribution in [2.24, 2.45) is 7.05 Å². The second-order valence-corrected chi connectivity index (χ2v) is 6.54. The fraction of sp³-hybridized carbons (Fsp3) is 0.238. The van der Waals surface area contributed by atoms with Crippen LogP contribution in [0.4, 0.5) is 5.82 Å². The Labute approximate surface area is 158 Å². The van der Waals surface area contributed by atoms with Crippen molar-refractivity contribution >= 4 is 16.9 Å². The summed E-state index contributed by atoms with van der Waals surface area (Å²) >= 11 is 0. The molecule has 0 bridgehead atoms. The minimum atomic E-state index is 0.654. The summed E-state index contributed by atoms with van der Waals surface area (Å²) in [4.78, 5) is 20.7. The lowest BCUT2D eigenvalue weighted by molar-refractivity contribution is 0.766. The lowest BCUT2D eigenvalue weighted by Crippen LogP contribution is -2.21. The van der Waals surface area contributed by atoms with Crippen molar-refractivity contribution in [2.45, 2.75) is 19.9 Å². The molecular formula is C21H22N6. The number of para-hydroxylation sites is 2. The second-order valence-electron chi connectivity index (χ2n) is 6.54. The van der Waals surface area contributed by atoms with Gasteiger partial charge in [-0.05, 0) is 30.7 Å². The van der Waals surface area contributed by atoms with Gasteiger partial charge in [-0.15, -0.1) is 0 Å². The maximum Gasteiger partial charge on any atom is 0.180 e. The fourth-order valence-electron chi connectivity index (χ4n) is 3.10. The van der Waals surface area contributed by atoms with Gasteiger partial charge in [0.1, 0.15) is 17.3 Å². The van der Waals surface area contributed by atoms with Gasteiger partial charge in [0, 0.05) is 32.1 Å². The number of imidazole rings is 1. The first-order valence-corrected chi connectivity index (χ1v) is 9.06. The SMILES string of the molecule is CCc1cc(N(C)Cc2nc3ccccc3n2C)nc(-c2ccccn2)n1. The molecule has 0 fully saturated rings. The summed E-state index contributed by atoms with van der Waals surface area (Å²) in [6.45, 7) is 2.76. The predicted octanol–water partition coefficient (Wildman–Crippen LogP) is 3.62. The van der Waals surface area contributed by atoms with Crippen LogP contribution in [-0.2, 0) is 20.0 Å². The van der Waals surface area contributed by atoms with E-state index >= 15 is 0 Å². The van der Waals surface area contributed by atoms with E-state index in [-0.39, 0.29) is 0 Å². The Morgan fingerprint density at radius 1 is 1.00 bits per heavy atom. The third-order valence-electron chi connectivity index (χ3n) is 4.67. The highest BCUT2D eigenvalue weighted by molar-refractivity contribution is 5.75. The molecule has 3 heterocycles. The summed E-state index contributed by atoms with van der Waals surface area (Å²) in [6.07, 6.45) is 2.61. The molecule has 0 unspecified atom stereocenters. The lowest BCUT2D eigenvalue weighted by atomic mass is 10.2. The van der Waals surface area contributed by atoms with Crippen molar-refractivity contribution in [3.05, 3.63) is 66.2 Å². The Bertz CT molecular complexity index is 1070. The summed E-state index contributed by atoms with van der Waals surface area (Å²) in [5, 5.41) is 0. The summed E-state index contributed by atoms with van der Waals surface area (Å²) in [5.41, 5.74) is 3.92. The van der Waals surface area contributed by atoms with Crippen molar-refractivity contribution < 1.29 is 0 Å². The molecule has 1 aromatic carbocycles. The van der Waals surface area contributed by atoms with E-state index in [4.69, 9.17) is 9.97 Å². The molecule has 27 heavy (non-hydrogen) atoms. The van der Waals surface area contributed by atoms with Gasteiger partial charge in [-0.2, -0.15) is 0 Å². The number of nitrogens with zero attached hydrogens (tertiary/aromatic N) is 6. The van der Waals surface area contributed by atoms with E-state index < -0.39 is 0 Å². The molecular weight excluding hydrogens is 336 g/mol. The highest BCUT2D eigenvalue weighted by Crippen LogP contribution is 2.21. The number of hydrogen-bond donors (Lipinski definition) is 0. The molecule has 0 saturated heterocycles. The van der Waals surface area contributed by atoms with E-state index in [1.807, 2.05) is 49.5 Å². The van der Waals surface area contributed by atoms with E-state index in [1.165, 1.54) is 0 Å². The van der Waals surface area contributed by atoms with Gasteiger partial charge in [-0.1, -0.05) is 25.1 Å². The molecule has 3 aromatic heterocycles. The number of fused-ring (bicyclic) bond motifs is 1. The number of benzene rings is 1. The molecule has 4 aromatic rings. The van der Waals surface area contributed by atoms with E-state index in [9.17, 15) is 0 Å². The quantitative estimate of drug-likeness (QED) is 0.545. The smallest absolute Gasteiger partial charge is 0.180 e. The molecule has 0 N–H and O–H groups in total. The maximum absolute atomic E-state index is 4.77. The minimum Gasteiger partial charge on any atom is -0.352 e. The number of rotatable bonds is 5. The molecule has 6 nitrogen and oxygen atoms in total. The van der Waals surface area contributed by atoms with Crippen LogP contribution in [0, 0.1) is 0 Å². The molecule has 4 rings (SSSR count). The largest absolute Gasteiger partial charge is 0.352 e. The average molecular weight is 358 g/mol. The topological polar surface area (TPSA) is 59.7 Å². The monoisotopic (exact) mass is 358 g/mol. The predicted molar refractivity (Wildman–Crippen MR) is 107 cm³/mol. The van der Waals surface area contributed by atoms with Gasteiger partial charge < -0.3 is 9.47 Å². The van der Waals surface area contributed by atoms with E-state index in [2.05, 4.69) is 39.5 Å². The van der Waals surface area contributed by atoms with Crippen molar-refractivity contribution in [1.82, 2.24) is 24.5 Å². The Morgan fingerprint density at radius 2 is 1.81 bits per heavy atom. The van der Waals surface area contributed by atoms with E-state index in [0.717, 1.165) is 40.5 Å². The normalized spacial score (nSPS) is 11.1. The maximum atomic E-state index is 4.77. The summed E-state index contributed by atoms with van der Waals surface area (Å²) in [6, 6.07) is 16.0. The summed E-state index contributed by atoms with van der Waals surface area (Å²) < 4.78 is 2.13. The van der Waals surface area contributed by atoms with Crippen molar-refractivity contribution in [3.8, 4) is 11.5 Å². The molecule has 0 aliphatic rings. The van der Waals surface area contributed by atoms with Crippen LogP contribution in [0.3, 0.4) is 0 Å². The number of aromatic nitrogens is 5. The zero-order chi connectivity index (χ0) is 18.8. The van der Waals surface area contributed by atoms with Gasteiger partial charge >= 0.3 is 0 Å². The first kappa shape index (κ1) is 17.1. The zero-order valence-electron chi connectivity index (χ0n) is 15.8. The van der Waals surface area contributed by atoms with Gasteiger partial charge in [0.05, 0.1) is 17.6 Å². The average Bonchev–Trinajstić information content (AvgIpc) is 3.04. The van der Waals surface area contributed by atoms with Gasteiger partial charge in [0.25, 0.3) is 0 Å². The van der Waals surface area contributed by atoms with Crippen LogP contribution in [-0.4, -0.2) is 31.6 Å². The Hall–Kier alpha value is -3.28. The Kier molecular flexibility index (Phi) is 4.54. The van der Waals surface area contributed by atoms with Crippen LogP contribution in [0.25, 0.3) is 22.6 Å². The van der Waals surface area contributed by atoms with Gasteiger partial charge in [0.15, 0.2) is 5.82 Å². The standard InChI is InChI=1S/C21H22N6/c1-4-15-13-19(25-21(23-15)17-10-7-8-12-22-17)26(2)14-20-24-16-9-5-6-11-18(16)27(20)3/h5-13H,4,14H2,1-3H3. The third kappa shape index (κ3) is 3.38. The Morgan fingerprint density at radius 3 is 2.56 bits per heavy atom. The van der Waals surface area contributed by atoms with Crippen LogP contribution < -0.4 is 4.90 Å². The second kappa shape index (κ2) is 7.15. The van der Waals surface area contributed by atoms with Crippen LogP contribution in [0.2, 0.25) is 0 Å². The highest BCUT2D eigenvalue weighted by Gasteiger charge is 2.14.